The molecule has 0 amide bonds. The maximum Gasteiger partial charge on any atom is 0.256 e. The highest BCUT2D eigenvalue weighted by Crippen LogP contribution is 2.33. The summed E-state index contributed by atoms with van der Waals surface area (Å²) in [5.74, 6) is 2.06. The van der Waals surface area contributed by atoms with E-state index in [9.17, 15) is 0 Å². The summed E-state index contributed by atoms with van der Waals surface area (Å²) in [4.78, 5) is 30.9. The third kappa shape index (κ3) is 5.69. The van der Waals surface area contributed by atoms with Crippen molar-refractivity contribution in [3.8, 4) is 0 Å². The predicted octanol–water partition coefficient (Wildman–Crippen LogP) is 4.23. The number of nitrogens with one attached hydrogen (secondary N) is 2. The summed E-state index contributed by atoms with van der Waals surface area (Å²) in [6.07, 6.45) is 14.9. The first-order chi connectivity index (χ1) is 17.8. The highest BCUT2D eigenvalue weighted by atomic mass is 32.2. The number of nitrogens with zero attached hydrogens (tertiary/aromatic N) is 7. The van der Waals surface area contributed by atoms with E-state index in [1.165, 1.54) is 22.6 Å². The van der Waals surface area contributed by atoms with Crippen molar-refractivity contribution in [1.82, 2.24) is 30.7 Å². The van der Waals surface area contributed by atoms with Gasteiger partial charge in [0.05, 0.1) is 6.04 Å². The van der Waals surface area contributed by atoms with E-state index >= 15 is 0 Å². The monoisotopic (exact) mass is 521 g/mol. The Balaban J connectivity index is 1.20. The van der Waals surface area contributed by atoms with E-state index in [1.54, 1.807) is 23.1 Å². The molecule has 2 saturated heterocycles. The van der Waals surface area contributed by atoms with E-state index in [0.29, 0.717) is 12.0 Å². The van der Waals surface area contributed by atoms with Gasteiger partial charge in [0, 0.05) is 62.4 Å². The lowest BCUT2D eigenvalue weighted by Gasteiger charge is -2.38. The van der Waals surface area contributed by atoms with Crippen molar-refractivity contribution in [3.63, 3.8) is 0 Å². The molecule has 0 saturated carbocycles. The number of amidine groups is 1. The molecule has 0 spiro atoms. The molecule has 0 aromatic carbocycles. The lowest BCUT2D eigenvalue weighted by atomic mass is 10.1. The summed E-state index contributed by atoms with van der Waals surface area (Å²) < 4.78 is 0. The second kappa shape index (κ2) is 11.2. The van der Waals surface area contributed by atoms with Crippen LogP contribution in [0.1, 0.15) is 49.4 Å². The quantitative estimate of drug-likeness (QED) is 0.583. The molecule has 11 heteroatoms. The number of hydrogen-bond acceptors (Lipinski definition) is 10. The van der Waals surface area contributed by atoms with Crippen LogP contribution in [0.4, 0.5) is 11.9 Å². The van der Waals surface area contributed by atoms with Gasteiger partial charge in [-0.25, -0.2) is 5.43 Å². The minimum Gasteiger partial charge on any atom is -0.338 e. The maximum atomic E-state index is 4.89. The van der Waals surface area contributed by atoms with Crippen molar-refractivity contribution < 1.29 is 0 Å². The van der Waals surface area contributed by atoms with Crippen LogP contribution in [0.5, 0.6) is 0 Å². The highest BCUT2D eigenvalue weighted by Gasteiger charge is 2.26. The van der Waals surface area contributed by atoms with Crippen LogP contribution in [-0.4, -0.2) is 64.1 Å². The van der Waals surface area contributed by atoms with Crippen molar-refractivity contribution in [1.29, 1.82) is 0 Å². The van der Waals surface area contributed by atoms with Crippen LogP contribution in [0.25, 0.3) is 0 Å². The van der Waals surface area contributed by atoms with E-state index < -0.39 is 0 Å². The molecule has 2 atom stereocenters. The highest BCUT2D eigenvalue weighted by molar-refractivity contribution is 8.02. The molecule has 188 valence electrons. The Kier molecular flexibility index (Phi) is 7.40. The summed E-state index contributed by atoms with van der Waals surface area (Å²) >= 11 is 3.42. The third-order valence-corrected chi connectivity index (χ3v) is 8.87. The molecule has 2 aromatic heterocycles. The van der Waals surface area contributed by atoms with E-state index in [0.717, 1.165) is 68.8 Å². The van der Waals surface area contributed by atoms with E-state index in [1.807, 2.05) is 12.4 Å². The number of hydrazine groups is 1. The Bertz CT molecular complexity index is 1170. The molecule has 2 N–H and O–H groups in total. The molecule has 2 fully saturated rings. The molecule has 3 aliphatic heterocycles. The van der Waals surface area contributed by atoms with Crippen molar-refractivity contribution in [2.75, 3.05) is 31.1 Å². The smallest absolute Gasteiger partial charge is 0.256 e. The van der Waals surface area contributed by atoms with Gasteiger partial charge >= 0.3 is 0 Å². The Hall–Kier alpha value is -2.60. The van der Waals surface area contributed by atoms with Gasteiger partial charge in [-0.1, -0.05) is 23.9 Å². The molecule has 1 aliphatic carbocycles. The number of aromatic nitrogens is 3. The Morgan fingerprint density at radius 2 is 2.06 bits per heavy atom. The van der Waals surface area contributed by atoms with Gasteiger partial charge in [0.15, 0.2) is 5.16 Å². The first-order valence-electron chi connectivity index (χ1n) is 12.7. The number of aliphatic imine (C=N–C) groups is 2. The molecule has 6 rings (SSSR count). The molecule has 2 aromatic rings. The van der Waals surface area contributed by atoms with Crippen molar-refractivity contribution in [3.05, 3.63) is 45.6 Å². The van der Waals surface area contributed by atoms with Crippen LogP contribution in [0.15, 0.2) is 55.9 Å². The van der Waals surface area contributed by atoms with Crippen LogP contribution in [0, 0.1) is 0 Å². The number of rotatable bonds is 6. The van der Waals surface area contributed by atoms with E-state index in [4.69, 9.17) is 19.9 Å². The third-order valence-electron chi connectivity index (χ3n) is 6.89. The van der Waals surface area contributed by atoms with Gasteiger partial charge < -0.3 is 10.3 Å². The fourth-order valence-corrected chi connectivity index (χ4v) is 6.61. The van der Waals surface area contributed by atoms with Gasteiger partial charge in [-0.05, 0) is 48.1 Å². The predicted molar refractivity (Wildman–Crippen MR) is 147 cm³/mol. The standard InChI is InChI=1S/C25H31N9S2/c1-2-5-19(6-3-1)36-25-29-23(27-22-17-20(31-32-22)21-7-4-16-35-21)28-24(30-25)34-14-12-33(13-15-34)18-8-10-26-11-9-18/h4-5,7-8,10-11,16,18,20,31H,1-3,6,9,12-15,17H2,(H,27,28,29,30,32). The normalized spacial score (nSPS) is 25.8. The number of allylic oxidation sites excluding steroid dienone is 2. The van der Waals surface area contributed by atoms with Crippen LogP contribution < -0.4 is 15.8 Å². The fourth-order valence-electron chi connectivity index (χ4n) is 4.89. The van der Waals surface area contributed by atoms with Gasteiger partial charge in [0.25, 0.3) is 5.95 Å². The zero-order chi connectivity index (χ0) is 24.2. The molecule has 0 radical (unpaired) electrons. The first kappa shape index (κ1) is 23.8. The lowest BCUT2D eigenvalue weighted by Crippen LogP contribution is -2.50. The van der Waals surface area contributed by atoms with Gasteiger partial charge in [0.2, 0.25) is 5.95 Å². The topological polar surface area (TPSA) is 93.9 Å². The number of thiophene rings is 1. The first-order valence-corrected chi connectivity index (χ1v) is 14.4. The second-order valence-corrected chi connectivity index (χ2v) is 11.4. The Morgan fingerprint density at radius 1 is 1.11 bits per heavy atom. The van der Waals surface area contributed by atoms with Crippen LogP contribution in [0.2, 0.25) is 0 Å². The zero-order valence-corrected chi connectivity index (χ0v) is 21.8. The van der Waals surface area contributed by atoms with Crippen LogP contribution in [-0.2, 0) is 0 Å². The van der Waals surface area contributed by atoms with Crippen molar-refractivity contribution in [2.24, 2.45) is 9.98 Å². The summed E-state index contributed by atoms with van der Waals surface area (Å²) in [6, 6.07) is 4.89. The Labute approximate surface area is 219 Å². The zero-order valence-electron chi connectivity index (χ0n) is 20.2. The number of hydrogen-bond donors (Lipinski definition) is 2. The molecule has 36 heavy (non-hydrogen) atoms. The fraction of sp³-hybridized carbons (Fsp3) is 0.480. The van der Waals surface area contributed by atoms with Gasteiger partial charge in [-0.15, -0.1) is 11.3 Å². The van der Waals surface area contributed by atoms with Gasteiger partial charge in [-0.3, -0.25) is 9.89 Å². The second-order valence-electron chi connectivity index (χ2n) is 9.34. The minimum atomic E-state index is 0.221. The summed E-state index contributed by atoms with van der Waals surface area (Å²) in [6.45, 7) is 3.71. The van der Waals surface area contributed by atoms with Crippen LogP contribution in [0.3, 0.4) is 0 Å². The number of piperazine rings is 1. The average Bonchev–Trinajstić information content (AvgIpc) is 3.62. The lowest BCUT2D eigenvalue weighted by molar-refractivity contribution is 0.218. The number of thioether (sulfide) groups is 1. The summed E-state index contributed by atoms with van der Waals surface area (Å²) in [5, 5.41) is 2.84. The average molecular weight is 522 g/mol. The molecule has 2 unspecified atom stereocenters. The number of anilines is 1. The molecular formula is C25H31N9S2. The SMILES string of the molecule is C1=CC(N2CCN(c3nc(N=C4CC(c5cccs5)NN4)nc(SC4=CCCCC4)n3)CC2)CC=N1. The van der Waals surface area contributed by atoms with E-state index in [-0.39, 0.29) is 6.04 Å². The Morgan fingerprint density at radius 3 is 2.83 bits per heavy atom. The molecule has 4 aliphatic rings. The summed E-state index contributed by atoms with van der Waals surface area (Å²) in [5.41, 5.74) is 6.57. The van der Waals surface area contributed by atoms with Crippen molar-refractivity contribution in [2.45, 2.75) is 55.8 Å². The maximum absolute atomic E-state index is 4.89. The van der Waals surface area contributed by atoms with Crippen molar-refractivity contribution >= 4 is 47.0 Å². The molecular weight excluding hydrogens is 490 g/mol. The summed E-state index contributed by atoms with van der Waals surface area (Å²) in [7, 11) is 0. The van der Waals surface area contributed by atoms with E-state index in [2.05, 4.69) is 55.3 Å². The van der Waals surface area contributed by atoms with Gasteiger partial charge in [0.1, 0.15) is 5.84 Å². The molecule has 0 bridgehead atoms. The van der Waals surface area contributed by atoms with Gasteiger partial charge in [-0.2, -0.15) is 19.9 Å². The van der Waals surface area contributed by atoms with Crippen LogP contribution >= 0.6 is 23.1 Å². The largest absolute Gasteiger partial charge is 0.338 e. The molecule has 5 heterocycles. The molecule has 9 nitrogen and oxygen atoms in total. The minimum absolute atomic E-state index is 0.221.